The highest BCUT2D eigenvalue weighted by atomic mass is 32.1. The van der Waals surface area contributed by atoms with E-state index in [4.69, 9.17) is 12.2 Å². The fraction of sp³-hybridized carbons (Fsp3) is 0.250. The second kappa shape index (κ2) is 9.03. The standard InChI is InChI=1S/C28H29N5S/c1-18-13-19(2)15-23(14-18)33-20(3)16-24(21(33)4)27-26(25-10-6-8-12-30-25)31-28(34)32(27)17-22-9-5-7-11-29-22/h5-16,26-27H,17H2,1-4H3,(H,31,34)/t26-,27+/m1/s1. The Morgan fingerprint density at radius 3 is 2.24 bits per heavy atom. The summed E-state index contributed by atoms with van der Waals surface area (Å²) in [5.41, 5.74) is 9.34. The minimum absolute atomic E-state index is 0.00439. The zero-order chi connectivity index (χ0) is 23.8. The molecule has 0 radical (unpaired) electrons. The number of aromatic nitrogens is 3. The van der Waals surface area contributed by atoms with Crippen LogP contribution in [0, 0.1) is 27.7 Å². The number of hydrogen-bond acceptors (Lipinski definition) is 3. The van der Waals surface area contributed by atoms with E-state index in [1.807, 2.05) is 42.7 Å². The molecule has 1 aliphatic rings. The van der Waals surface area contributed by atoms with Crippen molar-refractivity contribution in [1.29, 1.82) is 0 Å². The summed E-state index contributed by atoms with van der Waals surface area (Å²) in [7, 11) is 0. The summed E-state index contributed by atoms with van der Waals surface area (Å²) in [6, 6.07) is 21.0. The molecule has 34 heavy (non-hydrogen) atoms. The Bertz CT molecular complexity index is 1310. The number of nitrogens with one attached hydrogen (secondary N) is 1. The molecular weight excluding hydrogens is 438 g/mol. The van der Waals surface area contributed by atoms with Gasteiger partial charge in [-0.15, -0.1) is 0 Å². The van der Waals surface area contributed by atoms with Gasteiger partial charge in [-0.1, -0.05) is 18.2 Å². The minimum atomic E-state index is -0.0504. The minimum Gasteiger partial charge on any atom is -0.352 e. The molecule has 1 N–H and O–H groups in total. The number of thiocarbonyl (C=S) groups is 1. The van der Waals surface area contributed by atoms with Crippen LogP contribution in [0.15, 0.2) is 73.1 Å². The van der Waals surface area contributed by atoms with Crippen LogP contribution >= 0.6 is 12.2 Å². The summed E-state index contributed by atoms with van der Waals surface area (Å²) in [6.45, 7) is 9.31. The molecule has 5 nitrogen and oxygen atoms in total. The molecule has 1 fully saturated rings. The quantitative estimate of drug-likeness (QED) is 0.383. The third kappa shape index (κ3) is 4.10. The molecular formula is C28H29N5S. The predicted molar refractivity (Wildman–Crippen MR) is 140 cm³/mol. The lowest BCUT2D eigenvalue weighted by molar-refractivity contribution is 0.307. The van der Waals surface area contributed by atoms with Gasteiger partial charge in [0.25, 0.3) is 0 Å². The largest absolute Gasteiger partial charge is 0.352 e. The van der Waals surface area contributed by atoms with Crippen molar-refractivity contribution in [2.45, 2.75) is 46.3 Å². The molecule has 6 heteroatoms. The fourth-order valence-corrected chi connectivity index (χ4v) is 5.45. The molecule has 0 spiro atoms. The van der Waals surface area contributed by atoms with E-state index in [0.717, 1.165) is 16.5 Å². The number of rotatable bonds is 5. The van der Waals surface area contributed by atoms with E-state index in [0.29, 0.717) is 6.54 Å². The van der Waals surface area contributed by atoms with Crippen molar-refractivity contribution in [1.82, 2.24) is 24.8 Å². The van der Waals surface area contributed by atoms with Gasteiger partial charge in [-0.05, 0) is 99.1 Å². The van der Waals surface area contributed by atoms with Crippen LogP contribution < -0.4 is 5.32 Å². The first-order valence-electron chi connectivity index (χ1n) is 11.6. The third-order valence-electron chi connectivity index (χ3n) is 6.51. The van der Waals surface area contributed by atoms with Crippen LogP contribution in [-0.2, 0) is 6.54 Å². The first-order chi connectivity index (χ1) is 16.4. The van der Waals surface area contributed by atoms with Gasteiger partial charge in [-0.25, -0.2) is 0 Å². The van der Waals surface area contributed by atoms with E-state index >= 15 is 0 Å². The highest BCUT2D eigenvalue weighted by Gasteiger charge is 2.41. The van der Waals surface area contributed by atoms with Crippen molar-refractivity contribution in [3.63, 3.8) is 0 Å². The molecule has 0 aliphatic carbocycles. The van der Waals surface area contributed by atoms with Gasteiger partial charge in [0.2, 0.25) is 0 Å². The third-order valence-corrected chi connectivity index (χ3v) is 6.86. The van der Waals surface area contributed by atoms with Crippen molar-refractivity contribution < 1.29 is 0 Å². The van der Waals surface area contributed by atoms with Gasteiger partial charge < -0.3 is 14.8 Å². The highest BCUT2D eigenvalue weighted by molar-refractivity contribution is 7.80. The lowest BCUT2D eigenvalue weighted by Gasteiger charge is -2.28. The Labute approximate surface area is 206 Å². The molecule has 0 unspecified atom stereocenters. The molecule has 1 saturated heterocycles. The molecule has 0 bridgehead atoms. The van der Waals surface area contributed by atoms with Crippen LogP contribution in [0.3, 0.4) is 0 Å². The van der Waals surface area contributed by atoms with E-state index in [9.17, 15) is 0 Å². The maximum Gasteiger partial charge on any atom is 0.170 e. The Morgan fingerprint density at radius 2 is 1.59 bits per heavy atom. The normalized spacial score (nSPS) is 17.8. The lowest BCUT2D eigenvalue weighted by atomic mass is 9.96. The average molecular weight is 468 g/mol. The molecule has 4 heterocycles. The average Bonchev–Trinajstić information content (AvgIpc) is 3.29. The topological polar surface area (TPSA) is 46.0 Å². The van der Waals surface area contributed by atoms with Gasteiger partial charge in [0.05, 0.1) is 30.0 Å². The van der Waals surface area contributed by atoms with Crippen molar-refractivity contribution in [3.05, 3.63) is 113 Å². The number of nitrogens with zero attached hydrogens (tertiary/aromatic N) is 4. The molecule has 1 aliphatic heterocycles. The number of hydrogen-bond donors (Lipinski definition) is 1. The lowest BCUT2D eigenvalue weighted by Crippen LogP contribution is -2.29. The van der Waals surface area contributed by atoms with Crippen LogP contribution in [0.25, 0.3) is 5.69 Å². The Morgan fingerprint density at radius 1 is 0.882 bits per heavy atom. The second-order valence-electron chi connectivity index (χ2n) is 9.08. The summed E-state index contributed by atoms with van der Waals surface area (Å²) in [5, 5.41) is 4.29. The summed E-state index contributed by atoms with van der Waals surface area (Å²) >= 11 is 5.86. The van der Waals surface area contributed by atoms with Crippen LogP contribution in [0.2, 0.25) is 0 Å². The van der Waals surface area contributed by atoms with Gasteiger partial charge in [-0.3, -0.25) is 9.97 Å². The summed E-state index contributed by atoms with van der Waals surface area (Å²) in [4.78, 5) is 11.5. The molecule has 2 atom stereocenters. The van der Waals surface area contributed by atoms with E-state index < -0.39 is 0 Å². The Hall–Kier alpha value is -3.51. The van der Waals surface area contributed by atoms with Gasteiger partial charge in [0.1, 0.15) is 0 Å². The smallest absolute Gasteiger partial charge is 0.170 e. The van der Waals surface area contributed by atoms with Crippen LogP contribution in [-0.4, -0.2) is 24.5 Å². The summed E-state index contributed by atoms with van der Waals surface area (Å²) in [6.07, 6.45) is 3.68. The predicted octanol–water partition coefficient (Wildman–Crippen LogP) is 5.67. The monoisotopic (exact) mass is 467 g/mol. The Kier molecular flexibility index (Phi) is 5.92. The zero-order valence-electron chi connectivity index (χ0n) is 20.0. The van der Waals surface area contributed by atoms with Crippen molar-refractivity contribution in [3.8, 4) is 5.69 Å². The van der Waals surface area contributed by atoms with E-state index in [-0.39, 0.29) is 12.1 Å². The maximum absolute atomic E-state index is 5.86. The zero-order valence-corrected chi connectivity index (χ0v) is 20.8. The van der Waals surface area contributed by atoms with Gasteiger partial charge >= 0.3 is 0 Å². The summed E-state index contributed by atoms with van der Waals surface area (Å²) < 4.78 is 2.35. The highest BCUT2D eigenvalue weighted by Crippen LogP contribution is 2.42. The van der Waals surface area contributed by atoms with Crippen LogP contribution in [0.4, 0.5) is 0 Å². The molecule has 1 aromatic carbocycles. The first-order valence-corrected chi connectivity index (χ1v) is 12.0. The molecule has 3 aromatic heterocycles. The van der Waals surface area contributed by atoms with E-state index in [1.165, 1.54) is 33.8 Å². The second-order valence-corrected chi connectivity index (χ2v) is 9.47. The van der Waals surface area contributed by atoms with Gasteiger partial charge in [0.15, 0.2) is 5.11 Å². The number of aryl methyl sites for hydroxylation is 3. The maximum atomic E-state index is 5.86. The molecule has 172 valence electrons. The molecule has 0 amide bonds. The molecule has 4 aromatic rings. The summed E-state index contributed by atoms with van der Waals surface area (Å²) in [5.74, 6) is 0. The van der Waals surface area contributed by atoms with Gasteiger partial charge in [0, 0.05) is 29.5 Å². The Balaban J connectivity index is 1.63. The molecule has 5 rings (SSSR count). The van der Waals surface area contributed by atoms with Gasteiger partial charge in [-0.2, -0.15) is 0 Å². The SMILES string of the molecule is Cc1cc(C)cc(-n2c(C)cc([C@H]3[C@@H](c4ccccn4)NC(=S)N3Cc3ccccn3)c2C)c1. The van der Waals surface area contributed by atoms with Crippen molar-refractivity contribution in [2.75, 3.05) is 0 Å². The van der Waals surface area contributed by atoms with Crippen molar-refractivity contribution in [2.24, 2.45) is 0 Å². The van der Waals surface area contributed by atoms with E-state index in [2.05, 4.69) is 82.8 Å². The number of pyridine rings is 2. The number of benzene rings is 1. The van der Waals surface area contributed by atoms with Crippen LogP contribution in [0.1, 0.15) is 51.5 Å². The fourth-order valence-electron chi connectivity index (χ4n) is 5.14. The first kappa shape index (κ1) is 22.3. The molecule has 0 saturated carbocycles. The van der Waals surface area contributed by atoms with Crippen LogP contribution in [0.5, 0.6) is 0 Å². The van der Waals surface area contributed by atoms with Crippen molar-refractivity contribution >= 4 is 17.3 Å². The van der Waals surface area contributed by atoms with E-state index in [1.54, 1.807) is 0 Å².